The summed E-state index contributed by atoms with van der Waals surface area (Å²) in [4.78, 5) is 11.7. The molecule has 0 saturated heterocycles. The number of ether oxygens (including phenoxy) is 1. The molecule has 3 nitrogen and oxygen atoms in total. The molecule has 0 spiro atoms. The van der Waals surface area contributed by atoms with Crippen LogP contribution in [-0.4, -0.2) is 19.1 Å². The quantitative estimate of drug-likeness (QED) is 0.880. The Balaban J connectivity index is 1.79. The lowest BCUT2D eigenvalue weighted by molar-refractivity contribution is 0.0954. The summed E-state index contributed by atoms with van der Waals surface area (Å²) in [6.45, 7) is -0.0992. The van der Waals surface area contributed by atoms with Crippen molar-refractivity contribution in [2.24, 2.45) is 0 Å². The molecule has 0 atom stereocenters. The second-order valence-electron chi connectivity index (χ2n) is 4.38. The molecule has 118 valence electrons. The SMILES string of the molecule is O=C(NCC#CCOc1ccccc1F)c1ccc(F)cc1F. The molecule has 23 heavy (non-hydrogen) atoms. The molecule has 0 aromatic heterocycles. The van der Waals surface area contributed by atoms with Crippen molar-refractivity contribution in [3.63, 3.8) is 0 Å². The number of carbonyl (C=O) groups excluding carboxylic acids is 1. The van der Waals surface area contributed by atoms with E-state index in [1.165, 1.54) is 18.2 Å². The fourth-order valence-electron chi connectivity index (χ4n) is 1.68. The first-order valence-corrected chi connectivity index (χ1v) is 6.64. The Hall–Kier alpha value is -2.94. The van der Waals surface area contributed by atoms with Gasteiger partial charge in [0, 0.05) is 6.07 Å². The Labute approximate surface area is 131 Å². The molecule has 0 saturated carbocycles. The minimum absolute atomic E-state index is 0.0454. The lowest BCUT2D eigenvalue weighted by atomic mass is 10.2. The van der Waals surface area contributed by atoms with Crippen LogP contribution in [0.2, 0.25) is 0 Å². The van der Waals surface area contributed by atoms with Crippen LogP contribution in [0.5, 0.6) is 5.75 Å². The number of para-hydroxylation sites is 1. The van der Waals surface area contributed by atoms with Gasteiger partial charge in [-0.2, -0.15) is 0 Å². The number of rotatable bonds is 4. The van der Waals surface area contributed by atoms with E-state index in [0.717, 1.165) is 12.1 Å². The number of amides is 1. The van der Waals surface area contributed by atoms with Crippen LogP contribution >= 0.6 is 0 Å². The zero-order valence-electron chi connectivity index (χ0n) is 11.9. The highest BCUT2D eigenvalue weighted by Gasteiger charge is 2.11. The molecule has 0 aliphatic carbocycles. The summed E-state index contributed by atoms with van der Waals surface area (Å²) in [6, 6.07) is 8.57. The molecule has 2 aromatic rings. The summed E-state index contributed by atoms with van der Waals surface area (Å²) < 4.78 is 44.4. The van der Waals surface area contributed by atoms with Gasteiger partial charge in [0.25, 0.3) is 5.91 Å². The minimum Gasteiger partial charge on any atom is -0.478 e. The number of carbonyl (C=O) groups is 1. The maximum Gasteiger partial charge on any atom is 0.255 e. The van der Waals surface area contributed by atoms with Gasteiger partial charge in [-0.15, -0.1) is 0 Å². The molecule has 0 aliphatic rings. The van der Waals surface area contributed by atoms with E-state index in [4.69, 9.17) is 4.74 Å². The molecule has 0 fully saturated rings. The zero-order chi connectivity index (χ0) is 16.7. The van der Waals surface area contributed by atoms with Crippen LogP contribution in [0, 0.1) is 29.3 Å². The number of benzene rings is 2. The Morgan fingerprint density at radius 1 is 1.04 bits per heavy atom. The molecule has 0 heterocycles. The third-order valence-corrected chi connectivity index (χ3v) is 2.77. The Morgan fingerprint density at radius 2 is 1.83 bits per heavy atom. The highest BCUT2D eigenvalue weighted by atomic mass is 19.1. The van der Waals surface area contributed by atoms with Gasteiger partial charge in [-0.25, -0.2) is 13.2 Å². The topological polar surface area (TPSA) is 38.3 Å². The summed E-state index contributed by atoms with van der Waals surface area (Å²) in [7, 11) is 0. The van der Waals surface area contributed by atoms with Crippen LogP contribution in [0.25, 0.3) is 0 Å². The zero-order valence-corrected chi connectivity index (χ0v) is 11.9. The lowest BCUT2D eigenvalue weighted by Gasteiger charge is -2.03. The van der Waals surface area contributed by atoms with E-state index in [0.29, 0.717) is 6.07 Å². The summed E-state index contributed by atoms with van der Waals surface area (Å²) in [6.07, 6.45) is 0. The first-order chi connectivity index (χ1) is 11.1. The van der Waals surface area contributed by atoms with Crippen LogP contribution < -0.4 is 10.1 Å². The van der Waals surface area contributed by atoms with Crippen molar-refractivity contribution >= 4 is 5.91 Å². The van der Waals surface area contributed by atoms with Gasteiger partial charge in [0.1, 0.15) is 18.2 Å². The van der Waals surface area contributed by atoms with Crippen molar-refractivity contribution in [1.29, 1.82) is 0 Å². The van der Waals surface area contributed by atoms with Crippen molar-refractivity contribution < 1.29 is 22.7 Å². The van der Waals surface area contributed by atoms with Crippen molar-refractivity contribution in [2.45, 2.75) is 0 Å². The normalized spacial score (nSPS) is 9.70. The molecule has 0 radical (unpaired) electrons. The van der Waals surface area contributed by atoms with E-state index in [1.54, 1.807) is 6.07 Å². The average molecular weight is 319 g/mol. The van der Waals surface area contributed by atoms with Gasteiger partial charge < -0.3 is 10.1 Å². The van der Waals surface area contributed by atoms with Crippen molar-refractivity contribution in [3.8, 4) is 17.6 Å². The van der Waals surface area contributed by atoms with Crippen LogP contribution in [0.4, 0.5) is 13.2 Å². The van der Waals surface area contributed by atoms with Crippen LogP contribution in [0.3, 0.4) is 0 Å². The molecule has 0 aliphatic heterocycles. The standard InChI is InChI=1S/C17H12F3NO2/c18-12-7-8-13(15(20)11-12)17(22)21-9-3-4-10-23-16-6-2-1-5-14(16)19/h1-2,5-8,11H,9-10H2,(H,21,22). The number of nitrogens with one attached hydrogen (secondary N) is 1. The Morgan fingerprint density at radius 3 is 2.57 bits per heavy atom. The minimum atomic E-state index is -0.946. The highest BCUT2D eigenvalue weighted by molar-refractivity contribution is 5.94. The largest absolute Gasteiger partial charge is 0.478 e. The number of hydrogen-bond donors (Lipinski definition) is 1. The van der Waals surface area contributed by atoms with Crippen LogP contribution in [0.1, 0.15) is 10.4 Å². The Bertz CT molecular complexity index is 766. The molecule has 0 bridgehead atoms. The summed E-state index contributed by atoms with van der Waals surface area (Å²) >= 11 is 0. The van der Waals surface area contributed by atoms with Gasteiger partial charge in [-0.05, 0) is 24.3 Å². The van der Waals surface area contributed by atoms with Gasteiger partial charge in [-0.1, -0.05) is 24.0 Å². The predicted octanol–water partition coefficient (Wildman–Crippen LogP) is 2.92. The van der Waals surface area contributed by atoms with E-state index in [1.807, 2.05) is 0 Å². The Kier molecular flexibility index (Phi) is 5.64. The molecular formula is C17H12F3NO2. The van der Waals surface area contributed by atoms with Crippen molar-refractivity contribution in [3.05, 3.63) is 65.5 Å². The van der Waals surface area contributed by atoms with Crippen molar-refractivity contribution in [2.75, 3.05) is 13.2 Å². The first kappa shape index (κ1) is 16.4. The third-order valence-electron chi connectivity index (χ3n) is 2.77. The lowest BCUT2D eigenvalue weighted by Crippen LogP contribution is -2.24. The molecular weight excluding hydrogens is 307 g/mol. The van der Waals surface area contributed by atoms with Crippen LogP contribution in [-0.2, 0) is 0 Å². The highest BCUT2D eigenvalue weighted by Crippen LogP contribution is 2.14. The number of hydrogen-bond acceptors (Lipinski definition) is 2. The molecule has 0 unspecified atom stereocenters. The average Bonchev–Trinajstić information content (AvgIpc) is 2.52. The molecule has 2 rings (SSSR count). The van der Waals surface area contributed by atoms with Gasteiger partial charge >= 0.3 is 0 Å². The maximum atomic E-state index is 13.4. The van der Waals surface area contributed by atoms with Crippen LogP contribution in [0.15, 0.2) is 42.5 Å². The maximum absolute atomic E-state index is 13.4. The van der Waals surface area contributed by atoms with Crippen molar-refractivity contribution in [1.82, 2.24) is 5.32 Å². The molecule has 6 heteroatoms. The van der Waals surface area contributed by atoms with E-state index in [9.17, 15) is 18.0 Å². The molecule has 1 N–H and O–H groups in total. The van der Waals surface area contributed by atoms with E-state index < -0.39 is 23.4 Å². The summed E-state index contributed by atoms with van der Waals surface area (Å²) in [5, 5.41) is 2.36. The van der Waals surface area contributed by atoms with E-state index in [-0.39, 0.29) is 24.5 Å². The van der Waals surface area contributed by atoms with Gasteiger partial charge in [0.05, 0.1) is 12.1 Å². The first-order valence-electron chi connectivity index (χ1n) is 6.64. The van der Waals surface area contributed by atoms with Gasteiger partial charge in [0.2, 0.25) is 0 Å². The molecule has 2 aromatic carbocycles. The fraction of sp³-hybridized carbons (Fsp3) is 0.118. The summed E-state index contributed by atoms with van der Waals surface area (Å²) in [5.74, 6) is 2.35. The second kappa shape index (κ2) is 7.90. The predicted molar refractivity (Wildman–Crippen MR) is 78.4 cm³/mol. The fourth-order valence-corrected chi connectivity index (χ4v) is 1.68. The number of halogens is 3. The second-order valence-corrected chi connectivity index (χ2v) is 4.38. The molecule has 1 amide bonds. The van der Waals surface area contributed by atoms with Gasteiger partial charge in [0.15, 0.2) is 11.6 Å². The van der Waals surface area contributed by atoms with Gasteiger partial charge in [-0.3, -0.25) is 4.79 Å². The third kappa shape index (κ3) is 4.78. The monoisotopic (exact) mass is 319 g/mol. The summed E-state index contributed by atoms with van der Waals surface area (Å²) in [5.41, 5.74) is -0.268. The smallest absolute Gasteiger partial charge is 0.255 e. The van der Waals surface area contributed by atoms with E-state index in [2.05, 4.69) is 17.2 Å². The van der Waals surface area contributed by atoms with E-state index >= 15 is 0 Å².